The summed E-state index contributed by atoms with van der Waals surface area (Å²) < 4.78 is 0. The molecule has 10 nitrogen and oxygen atoms in total. The lowest BCUT2D eigenvalue weighted by Crippen LogP contribution is -2.53. The van der Waals surface area contributed by atoms with Crippen molar-refractivity contribution in [3.63, 3.8) is 0 Å². The van der Waals surface area contributed by atoms with E-state index in [1.165, 1.54) is 12.1 Å². The van der Waals surface area contributed by atoms with Crippen molar-refractivity contribution in [2.75, 3.05) is 19.6 Å². The van der Waals surface area contributed by atoms with E-state index in [2.05, 4.69) is 21.3 Å². The van der Waals surface area contributed by atoms with E-state index >= 15 is 0 Å². The largest absolute Gasteiger partial charge is 0.508 e. The van der Waals surface area contributed by atoms with Crippen LogP contribution in [-0.2, 0) is 25.6 Å². The maximum atomic E-state index is 12.5. The molecule has 0 radical (unpaired) electrons. The van der Waals surface area contributed by atoms with Gasteiger partial charge in [0.2, 0.25) is 17.7 Å². The number of nitrogens with one attached hydrogen (secondary N) is 4. The number of phenols is 1. The second kappa shape index (κ2) is 10.3. The third-order valence-electron chi connectivity index (χ3n) is 4.25. The van der Waals surface area contributed by atoms with Crippen LogP contribution in [0.15, 0.2) is 24.3 Å². The number of carboxylic acid groups (broad SMARTS) is 1. The van der Waals surface area contributed by atoms with Crippen LogP contribution in [0.4, 0.5) is 0 Å². The SMILES string of the molecule is O=C(O)CNC(=O)CNC(=O)C(Cc1ccc(O)cc1)NC(=O)C1CCCN1. The van der Waals surface area contributed by atoms with E-state index in [0.29, 0.717) is 12.0 Å². The zero-order valence-electron chi connectivity index (χ0n) is 15.2. The third-order valence-corrected chi connectivity index (χ3v) is 4.25. The van der Waals surface area contributed by atoms with Gasteiger partial charge in [-0.2, -0.15) is 0 Å². The van der Waals surface area contributed by atoms with Gasteiger partial charge in [-0.3, -0.25) is 19.2 Å². The maximum absolute atomic E-state index is 12.5. The molecule has 2 rings (SSSR count). The second-order valence-corrected chi connectivity index (χ2v) is 6.47. The van der Waals surface area contributed by atoms with E-state index in [0.717, 1.165) is 13.0 Å². The molecule has 10 heteroatoms. The highest BCUT2D eigenvalue weighted by Gasteiger charge is 2.27. The van der Waals surface area contributed by atoms with E-state index < -0.39 is 36.9 Å². The van der Waals surface area contributed by atoms with Gasteiger partial charge in [0.25, 0.3) is 0 Å². The van der Waals surface area contributed by atoms with Gasteiger partial charge in [-0.1, -0.05) is 12.1 Å². The molecule has 1 fully saturated rings. The first kappa shape index (κ1) is 21.2. The van der Waals surface area contributed by atoms with Crippen LogP contribution < -0.4 is 21.3 Å². The topological polar surface area (TPSA) is 157 Å². The number of phenolic OH excluding ortho intramolecular Hbond substituents is 1. The van der Waals surface area contributed by atoms with Crippen molar-refractivity contribution >= 4 is 23.7 Å². The molecule has 0 bridgehead atoms. The fourth-order valence-electron chi connectivity index (χ4n) is 2.78. The summed E-state index contributed by atoms with van der Waals surface area (Å²) in [7, 11) is 0. The quantitative estimate of drug-likeness (QED) is 0.298. The molecular formula is C18H24N4O6. The number of carbonyl (C=O) groups is 4. The minimum Gasteiger partial charge on any atom is -0.508 e. The minimum absolute atomic E-state index is 0.0824. The molecule has 1 aromatic rings. The summed E-state index contributed by atoms with van der Waals surface area (Å²) in [6.07, 6.45) is 1.72. The molecule has 3 amide bonds. The lowest BCUT2D eigenvalue weighted by Gasteiger charge is -2.21. The number of amides is 3. The highest BCUT2D eigenvalue weighted by Crippen LogP contribution is 2.12. The Morgan fingerprint density at radius 2 is 1.82 bits per heavy atom. The van der Waals surface area contributed by atoms with Crippen molar-refractivity contribution in [2.45, 2.75) is 31.3 Å². The standard InChI is InChI=1S/C18H24N4O6/c23-12-5-3-11(4-6-12)8-14(22-18(28)13-2-1-7-19-13)17(27)21-9-15(24)20-10-16(25)26/h3-6,13-14,19,23H,1-2,7-10H2,(H,20,24)(H,21,27)(H,22,28)(H,25,26). The van der Waals surface area contributed by atoms with E-state index in [-0.39, 0.29) is 24.1 Å². The summed E-state index contributed by atoms with van der Waals surface area (Å²) in [5.41, 5.74) is 0.716. The predicted molar refractivity (Wildman–Crippen MR) is 98.4 cm³/mol. The Hall–Kier alpha value is -3.14. The van der Waals surface area contributed by atoms with Crippen molar-refractivity contribution in [2.24, 2.45) is 0 Å². The molecule has 2 atom stereocenters. The number of aromatic hydroxyl groups is 1. The van der Waals surface area contributed by atoms with Gasteiger partial charge in [-0.05, 0) is 37.1 Å². The van der Waals surface area contributed by atoms with Gasteiger partial charge in [0, 0.05) is 6.42 Å². The van der Waals surface area contributed by atoms with Crippen molar-refractivity contribution < 1.29 is 29.4 Å². The molecule has 28 heavy (non-hydrogen) atoms. The molecule has 0 aromatic heterocycles. The molecule has 1 aliphatic rings. The molecule has 1 saturated heterocycles. The normalized spacial score (nSPS) is 16.8. The minimum atomic E-state index is -1.19. The molecule has 0 saturated carbocycles. The molecule has 0 spiro atoms. The number of carboxylic acids is 1. The van der Waals surface area contributed by atoms with Gasteiger partial charge in [-0.25, -0.2) is 0 Å². The number of aliphatic carboxylic acids is 1. The number of carbonyl (C=O) groups excluding carboxylic acids is 3. The van der Waals surface area contributed by atoms with Gasteiger partial charge < -0.3 is 31.5 Å². The fourth-order valence-corrected chi connectivity index (χ4v) is 2.78. The number of benzene rings is 1. The Balaban J connectivity index is 1.97. The Morgan fingerprint density at radius 1 is 1.11 bits per heavy atom. The first-order valence-electron chi connectivity index (χ1n) is 8.93. The second-order valence-electron chi connectivity index (χ2n) is 6.47. The molecule has 152 valence electrons. The third kappa shape index (κ3) is 6.88. The zero-order chi connectivity index (χ0) is 20.5. The van der Waals surface area contributed by atoms with Gasteiger partial charge in [-0.15, -0.1) is 0 Å². The van der Waals surface area contributed by atoms with Gasteiger partial charge in [0.1, 0.15) is 18.3 Å². The Bertz CT molecular complexity index is 715. The summed E-state index contributed by atoms with van der Waals surface area (Å²) in [6.45, 7) is -0.220. The molecule has 2 unspecified atom stereocenters. The van der Waals surface area contributed by atoms with Crippen molar-refractivity contribution in [1.82, 2.24) is 21.3 Å². The lowest BCUT2D eigenvalue weighted by atomic mass is 10.0. The van der Waals surface area contributed by atoms with Crippen molar-refractivity contribution in [1.29, 1.82) is 0 Å². The first-order valence-corrected chi connectivity index (χ1v) is 8.93. The van der Waals surface area contributed by atoms with E-state index in [4.69, 9.17) is 5.11 Å². The maximum Gasteiger partial charge on any atom is 0.322 e. The molecule has 6 N–H and O–H groups in total. The summed E-state index contributed by atoms with van der Waals surface area (Å²) in [5, 5.41) is 28.2. The monoisotopic (exact) mass is 392 g/mol. The van der Waals surface area contributed by atoms with Crippen LogP contribution in [0.2, 0.25) is 0 Å². The Morgan fingerprint density at radius 3 is 2.43 bits per heavy atom. The number of hydrogen-bond donors (Lipinski definition) is 6. The zero-order valence-corrected chi connectivity index (χ0v) is 15.2. The number of hydrogen-bond acceptors (Lipinski definition) is 6. The fraction of sp³-hybridized carbons (Fsp3) is 0.444. The summed E-state index contributed by atoms with van der Waals surface area (Å²) in [5.74, 6) is -2.63. The lowest BCUT2D eigenvalue weighted by molar-refractivity contribution is -0.138. The Kier molecular flexibility index (Phi) is 7.76. The highest BCUT2D eigenvalue weighted by atomic mass is 16.4. The number of rotatable bonds is 9. The molecule has 0 aliphatic carbocycles. The smallest absolute Gasteiger partial charge is 0.322 e. The molecule has 1 aromatic carbocycles. The predicted octanol–water partition coefficient (Wildman–Crippen LogP) is -1.51. The van der Waals surface area contributed by atoms with Gasteiger partial charge >= 0.3 is 5.97 Å². The van der Waals surface area contributed by atoms with E-state index in [1.807, 2.05) is 0 Å². The van der Waals surface area contributed by atoms with Crippen LogP contribution >= 0.6 is 0 Å². The van der Waals surface area contributed by atoms with Crippen molar-refractivity contribution in [3.05, 3.63) is 29.8 Å². The first-order chi connectivity index (χ1) is 13.3. The van der Waals surface area contributed by atoms with Crippen LogP contribution in [0.5, 0.6) is 5.75 Å². The van der Waals surface area contributed by atoms with Gasteiger partial charge in [0.15, 0.2) is 0 Å². The van der Waals surface area contributed by atoms with Crippen LogP contribution in [0.3, 0.4) is 0 Å². The Labute approximate surface area is 161 Å². The summed E-state index contributed by atoms with van der Waals surface area (Å²) in [4.78, 5) is 46.9. The molecule has 1 heterocycles. The van der Waals surface area contributed by atoms with E-state index in [1.54, 1.807) is 12.1 Å². The molecule has 1 aliphatic heterocycles. The summed E-state index contributed by atoms with van der Waals surface area (Å²) >= 11 is 0. The molecular weight excluding hydrogens is 368 g/mol. The van der Waals surface area contributed by atoms with Crippen LogP contribution in [0, 0.1) is 0 Å². The van der Waals surface area contributed by atoms with Gasteiger partial charge in [0.05, 0.1) is 12.6 Å². The van der Waals surface area contributed by atoms with Crippen LogP contribution in [0.25, 0.3) is 0 Å². The van der Waals surface area contributed by atoms with Crippen LogP contribution in [0.1, 0.15) is 18.4 Å². The van der Waals surface area contributed by atoms with Crippen molar-refractivity contribution in [3.8, 4) is 5.75 Å². The highest BCUT2D eigenvalue weighted by molar-refractivity contribution is 5.92. The average molecular weight is 392 g/mol. The van der Waals surface area contributed by atoms with Crippen LogP contribution in [-0.4, -0.2) is 65.6 Å². The van der Waals surface area contributed by atoms with E-state index in [9.17, 15) is 24.3 Å². The summed E-state index contributed by atoms with van der Waals surface area (Å²) in [6, 6.07) is 4.93. The average Bonchev–Trinajstić information content (AvgIpc) is 3.20.